The van der Waals surface area contributed by atoms with Crippen molar-refractivity contribution in [1.29, 1.82) is 0 Å². The predicted molar refractivity (Wildman–Crippen MR) is 107 cm³/mol. The van der Waals surface area contributed by atoms with Gasteiger partial charge in [0, 0.05) is 18.8 Å². The summed E-state index contributed by atoms with van der Waals surface area (Å²) in [6, 6.07) is 0. The number of amides is 1. The number of aliphatic hydroxyl groups is 1. The van der Waals surface area contributed by atoms with Crippen LogP contribution in [0.3, 0.4) is 0 Å². The van der Waals surface area contributed by atoms with E-state index in [1.165, 1.54) is 0 Å². The molecule has 0 aliphatic carbocycles. The molecule has 1 amide bonds. The van der Waals surface area contributed by atoms with Gasteiger partial charge < -0.3 is 25.0 Å². The number of esters is 1. The van der Waals surface area contributed by atoms with Gasteiger partial charge >= 0.3 is 5.97 Å². The molecule has 0 radical (unpaired) electrons. The summed E-state index contributed by atoms with van der Waals surface area (Å²) < 4.78 is 5.12. The average molecular weight is 405 g/mol. The van der Waals surface area contributed by atoms with Crippen LogP contribution in [-0.2, 0) is 16.0 Å². The van der Waals surface area contributed by atoms with Crippen molar-refractivity contribution in [3.8, 4) is 0 Å². The number of rotatable bonds is 6. The number of piperidine rings is 1. The van der Waals surface area contributed by atoms with Gasteiger partial charge in [-0.15, -0.1) is 0 Å². The molecule has 2 unspecified atom stereocenters. The number of H-pyrrole nitrogens is 1. The molecule has 0 bridgehead atoms. The lowest BCUT2D eigenvalue weighted by molar-refractivity contribution is -0.156. The molecule has 0 aromatic carbocycles. The fraction of sp³-hybridized carbons (Fsp3) is 0.667. The quantitative estimate of drug-likeness (QED) is 0.487. The molecule has 8 heteroatoms. The van der Waals surface area contributed by atoms with E-state index in [0.717, 1.165) is 25.8 Å². The third-order valence-electron chi connectivity index (χ3n) is 6.62. The van der Waals surface area contributed by atoms with Crippen LogP contribution in [0.1, 0.15) is 71.6 Å². The summed E-state index contributed by atoms with van der Waals surface area (Å²) in [5.74, 6) is -0.714. The van der Waals surface area contributed by atoms with Crippen LogP contribution in [0.15, 0.2) is 0 Å². The largest absolute Gasteiger partial charge is 0.462 e. The van der Waals surface area contributed by atoms with Crippen molar-refractivity contribution in [2.24, 2.45) is 0 Å². The number of nitrogens with one attached hydrogen (secondary N) is 2. The first-order valence-corrected chi connectivity index (χ1v) is 10.3. The second kappa shape index (κ2) is 8.28. The zero-order chi connectivity index (χ0) is 21.2. The molecule has 2 fully saturated rings. The number of aldehydes is 1. The van der Waals surface area contributed by atoms with Gasteiger partial charge in [-0.05, 0) is 58.6 Å². The summed E-state index contributed by atoms with van der Waals surface area (Å²) in [4.78, 5) is 41.8. The molecule has 3 N–H and O–H groups in total. The summed E-state index contributed by atoms with van der Waals surface area (Å²) >= 11 is 0. The van der Waals surface area contributed by atoms with E-state index >= 15 is 0 Å². The fourth-order valence-electron chi connectivity index (χ4n) is 4.80. The number of β-amino-alcohol motifs (C(OH)–C–C–N with tert-alkyl or cyclic N) is 1. The van der Waals surface area contributed by atoms with E-state index in [1.807, 2.05) is 6.92 Å². The minimum absolute atomic E-state index is 0.0536. The van der Waals surface area contributed by atoms with Gasteiger partial charge in [0.2, 0.25) is 5.91 Å². The number of hydrogen-bond donors (Lipinski definition) is 3. The molecule has 0 saturated carbocycles. The maximum absolute atomic E-state index is 13.4. The molecule has 1 aromatic heterocycles. The van der Waals surface area contributed by atoms with E-state index in [2.05, 4.69) is 10.3 Å². The highest BCUT2D eigenvalue weighted by Gasteiger charge is 2.54. The summed E-state index contributed by atoms with van der Waals surface area (Å²) in [5.41, 5.74) is -0.255. The number of ether oxygens (including phenoxy) is 1. The van der Waals surface area contributed by atoms with Crippen LogP contribution in [0, 0.1) is 6.92 Å². The maximum atomic E-state index is 13.4. The summed E-state index contributed by atoms with van der Waals surface area (Å²) in [6.07, 6.45) is 3.74. The minimum atomic E-state index is -0.980. The first-order valence-electron chi connectivity index (χ1n) is 10.3. The van der Waals surface area contributed by atoms with Crippen molar-refractivity contribution in [2.75, 3.05) is 26.2 Å². The fourth-order valence-corrected chi connectivity index (χ4v) is 4.80. The highest BCUT2D eigenvalue weighted by molar-refractivity contribution is 5.97. The molecule has 8 nitrogen and oxygen atoms in total. The van der Waals surface area contributed by atoms with E-state index in [1.54, 1.807) is 18.7 Å². The van der Waals surface area contributed by atoms with Crippen LogP contribution in [0.25, 0.3) is 0 Å². The monoisotopic (exact) mass is 405 g/mol. The van der Waals surface area contributed by atoms with Crippen LogP contribution in [0.4, 0.5) is 0 Å². The number of aromatic amines is 1. The highest BCUT2D eigenvalue weighted by atomic mass is 16.5. The smallest absolute Gasteiger partial charge is 0.340 e. The Morgan fingerprint density at radius 3 is 2.69 bits per heavy atom. The lowest BCUT2D eigenvalue weighted by Crippen LogP contribution is -2.66. The topological polar surface area (TPSA) is 112 Å². The first-order chi connectivity index (χ1) is 13.8. The molecule has 1 aromatic rings. The Morgan fingerprint density at radius 1 is 1.31 bits per heavy atom. The molecule has 160 valence electrons. The van der Waals surface area contributed by atoms with E-state index in [0.29, 0.717) is 37.1 Å². The molecule has 2 atom stereocenters. The van der Waals surface area contributed by atoms with Gasteiger partial charge in [-0.2, -0.15) is 0 Å². The van der Waals surface area contributed by atoms with E-state index in [4.69, 9.17) is 4.74 Å². The average Bonchev–Trinajstić information content (AvgIpc) is 3.26. The van der Waals surface area contributed by atoms with Crippen LogP contribution >= 0.6 is 0 Å². The lowest BCUT2D eigenvalue weighted by atomic mass is 9.73. The second-order valence-corrected chi connectivity index (χ2v) is 8.27. The van der Waals surface area contributed by atoms with Crippen molar-refractivity contribution in [1.82, 2.24) is 15.2 Å². The zero-order valence-corrected chi connectivity index (χ0v) is 17.5. The van der Waals surface area contributed by atoms with Crippen molar-refractivity contribution in [3.63, 3.8) is 0 Å². The number of hydrogen-bond acceptors (Lipinski definition) is 6. The normalized spacial score (nSPS) is 27.1. The van der Waals surface area contributed by atoms with Gasteiger partial charge in [-0.25, -0.2) is 4.79 Å². The van der Waals surface area contributed by atoms with Crippen LogP contribution in [0.5, 0.6) is 0 Å². The van der Waals surface area contributed by atoms with Crippen molar-refractivity contribution < 1.29 is 24.2 Å². The lowest BCUT2D eigenvalue weighted by Gasteiger charge is -2.52. The standard InChI is InChI=1S/C21H31N3O5/c1-4-29-19(27)18-14(2)16(12-25)23-15(18)11-17(26)24-10-6-5-7-20(24,3)21(28)8-9-22-13-21/h12,22-23,28H,4-11,13H2,1-3H3. The maximum Gasteiger partial charge on any atom is 0.340 e. The first kappa shape index (κ1) is 21.5. The molecule has 29 heavy (non-hydrogen) atoms. The SMILES string of the molecule is CCOC(=O)c1c(CC(=O)N2CCCCC2(C)C2(O)CCNC2)[nH]c(C=O)c1C. The highest BCUT2D eigenvalue weighted by Crippen LogP contribution is 2.41. The van der Waals surface area contributed by atoms with Crippen molar-refractivity contribution >= 4 is 18.2 Å². The van der Waals surface area contributed by atoms with Crippen LogP contribution in [-0.4, -0.2) is 70.5 Å². The van der Waals surface area contributed by atoms with Gasteiger partial charge in [0.25, 0.3) is 0 Å². The number of carbonyl (C=O) groups is 3. The summed E-state index contributed by atoms with van der Waals surface area (Å²) in [6.45, 7) is 7.28. The number of carbonyl (C=O) groups excluding carboxylic acids is 3. The molecular formula is C21H31N3O5. The Kier molecular flexibility index (Phi) is 6.14. The Labute approximate surface area is 171 Å². The predicted octanol–water partition coefficient (Wildman–Crippen LogP) is 1.35. The molecule has 3 rings (SSSR count). The second-order valence-electron chi connectivity index (χ2n) is 8.27. The third kappa shape index (κ3) is 3.71. The zero-order valence-electron chi connectivity index (χ0n) is 17.5. The van der Waals surface area contributed by atoms with E-state index < -0.39 is 17.1 Å². The molecule has 2 aliphatic heterocycles. The van der Waals surface area contributed by atoms with Crippen LogP contribution < -0.4 is 5.32 Å². The Bertz CT molecular complexity index is 796. The number of nitrogens with zero attached hydrogens (tertiary/aromatic N) is 1. The molecule has 2 saturated heterocycles. The number of aromatic nitrogens is 1. The van der Waals surface area contributed by atoms with Gasteiger partial charge in [-0.1, -0.05) is 0 Å². The Morgan fingerprint density at radius 2 is 2.07 bits per heavy atom. The minimum Gasteiger partial charge on any atom is -0.462 e. The van der Waals surface area contributed by atoms with Gasteiger partial charge in [0.15, 0.2) is 6.29 Å². The number of likely N-dealkylation sites (tertiary alicyclic amines) is 1. The van der Waals surface area contributed by atoms with E-state index in [9.17, 15) is 19.5 Å². The Hall–Kier alpha value is -2.19. The molecular weight excluding hydrogens is 374 g/mol. The summed E-state index contributed by atoms with van der Waals surface area (Å²) in [7, 11) is 0. The van der Waals surface area contributed by atoms with Crippen LogP contribution in [0.2, 0.25) is 0 Å². The molecule has 0 spiro atoms. The van der Waals surface area contributed by atoms with E-state index in [-0.39, 0.29) is 30.2 Å². The van der Waals surface area contributed by atoms with Crippen molar-refractivity contribution in [2.45, 2.75) is 64.0 Å². The Balaban J connectivity index is 1.91. The molecule has 3 heterocycles. The van der Waals surface area contributed by atoms with Gasteiger partial charge in [-0.3, -0.25) is 9.59 Å². The third-order valence-corrected chi connectivity index (χ3v) is 6.62. The molecule has 2 aliphatic rings. The van der Waals surface area contributed by atoms with Gasteiger partial charge in [0.05, 0.1) is 29.8 Å². The summed E-state index contributed by atoms with van der Waals surface area (Å²) in [5, 5.41) is 14.5. The van der Waals surface area contributed by atoms with Crippen molar-refractivity contribution in [3.05, 3.63) is 22.5 Å². The van der Waals surface area contributed by atoms with Gasteiger partial charge in [0.1, 0.15) is 5.60 Å².